The van der Waals surface area contributed by atoms with E-state index in [-0.39, 0.29) is 26.9 Å². The fourth-order valence-electron chi connectivity index (χ4n) is 5.25. The summed E-state index contributed by atoms with van der Waals surface area (Å²) in [4.78, 5) is 31.2. The second-order valence-corrected chi connectivity index (χ2v) is 11.1. The van der Waals surface area contributed by atoms with Crippen molar-refractivity contribution in [1.29, 1.82) is 0 Å². The number of hydrogen-bond donors (Lipinski definition) is 1. The average Bonchev–Trinajstić information content (AvgIpc) is 3.21. The van der Waals surface area contributed by atoms with Crippen molar-refractivity contribution in [2.45, 2.75) is 22.0 Å². The van der Waals surface area contributed by atoms with Crippen molar-refractivity contribution in [3.63, 3.8) is 0 Å². The maximum absolute atomic E-state index is 13.9. The van der Waals surface area contributed by atoms with Crippen LogP contribution < -0.4 is 4.74 Å². The lowest BCUT2D eigenvalue weighted by molar-refractivity contribution is -0.155. The Labute approximate surface area is 206 Å². The third kappa shape index (κ3) is 3.15. The van der Waals surface area contributed by atoms with Crippen LogP contribution in [-0.2, 0) is 35.4 Å². The molecule has 0 spiro atoms. The number of halogens is 1. The highest BCUT2D eigenvalue weighted by Crippen LogP contribution is 2.66. The van der Waals surface area contributed by atoms with Gasteiger partial charge in [-0.3, -0.25) is 14.6 Å². The molecule has 8 nitrogen and oxygen atoms in total. The Bertz CT molecular complexity index is 1460. The second kappa shape index (κ2) is 7.87. The number of carbonyl (C=O) groups is 2. The van der Waals surface area contributed by atoms with Crippen LogP contribution in [-0.4, -0.2) is 43.6 Å². The Morgan fingerprint density at radius 1 is 1.14 bits per heavy atom. The molecule has 180 valence electrons. The van der Waals surface area contributed by atoms with Crippen molar-refractivity contribution in [1.82, 2.24) is 4.98 Å². The maximum atomic E-state index is 13.9. The molecular weight excluding hydrogens is 494 g/mol. The molecule has 2 heterocycles. The van der Waals surface area contributed by atoms with Crippen LogP contribution in [0.25, 0.3) is 0 Å². The summed E-state index contributed by atoms with van der Waals surface area (Å²) in [5, 5.41) is 12.4. The molecular formula is C25H20ClNO7S. The minimum atomic E-state index is -3.52. The van der Waals surface area contributed by atoms with Gasteiger partial charge in [0.2, 0.25) is 5.60 Å². The number of fused-ring (bicyclic) bond motifs is 3. The zero-order valence-corrected chi connectivity index (χ0v) is 20.2. The SMILES string of the molecule is COC(=O)[C@H]1C(=O)[C@@]2(O)c3ncc(Cl)cc3O[C@@]2(c2ccc(S(C)(=O)=O)cc2)[C@@H]1c1ccccc1. The molecule has 1 fully saturated rings. The van der Waals surface area contributed by atoms with Crippen LogP contribution in [0.1, 0.15) is 22.7 Å². The average molecular weight is 514 g/mol. The number of aliphatic hydroxyl groups is 1. The minimum absolute atomic E-state index is 0.0444. The number of aromatic nitrogens is 1. The normalized spacial score (nSPS) is 27.1. The molecule has 1 saturated carbocycles. The van der Waals surface area contributed by atoms with E-state index in [0.717, 1.165) is 13.4 Å². The van der Waals surface area contributed by atoms with E-state index in [1.54, 1.807) is 30.3 Å². The molecule has 3 aromatic rings. The van der Waals surface area contributed by atoms with E-state index in [9.17, 15) is 23.1 Å². The molecule has 1 N–H and O–H groups in total. The first-order chi connectivity index (χ1) is 16.6. The van der Waals surface area contributed by atoms with Gasteiger partial charge in [0, 0.05) is 18.5 Å². The van der Waals surface area contributed by atoms with Gasteiger partial charge < -0.3 is 14.6 Å². The molecule has 1 aliphatic carbocycles. The zero-order valence-electron chi connectivity index (χ0n) is 18.6. The number of benzene rings is 2. The van der Waals surface area contributed by atoms with Gasteiger partial charge in [0.1, 0.15) is 17.4 Å². The lowest BCUT2D eigenvalue weighted by Gasteiger charge is -2.39. The number of Topliss-reactive ketones (excluding diaryl/α,β-unsaturated/α-hetero) is 1. The first-order valence-electron chi connectivity index (χ1n) is 10.6. The van der Waals surface area contributed by atoms with Crippen molar-refractivity contribution in [2.24, 2.45) is 5.92 Å². The summed E-state index contributed by atoms with van der Waals surface area (Å²) in [6.07, 6.45) is 2.35. The number of esters is 1. The molecule has 2 aliphatic rings. The number of methoxy groups -OCH3 is 1. The smallest absolute Gasteiger partial charge is 0.317 e. The van der Waals surface area contributed by atoms with E-state index >= 15 is 0 Å². The summed E-state index contributed by atoms with van der Waals surface area (Å²) in [7, 11) is -2.36. The number of rotatable bonds is 4. The lowest BCUT2D eigenvalue weighted by atomic mass is 9.71. The van der Waals surface area contributed by atoms with Crippen molar-refractivity contribution < 1.29 is 32.6 Å². The fraction of sp³-hybridized carbons (Fsp3) is 0.240. The Kier molecular flexibility index (Phi) is 5.28. The van der Waals surface area contributed by atoms with E-state index in [1.165, 1.54) is 36.5 Å². The standard InChI is InChI=1S/C25H20ClNO7S/c1-33-23(29)19-20(14-6-4-3-5-7-14)25(15-8-10-17(11-9-15)35(2,31)32)24(30,22(19)28)21-18(34-25)12-16(26)13-27-21/h3-13,19-20,30H,1-2H3/t19-,20-,24+,25+/m1/s1. The Morgan fingerprint density at radius 2 is 1.80 bits per heavy atom. The summed E-state index contributed by atoms with van der Waals surface area (Å²) < 4.78 is 35.5. The number of ketones is 1. The maximum Gasteiger partial charge on any atom is 0.317 e. The second-order valence-electron chi connectivity index (χ2n) is 8.60. The number of nitrogens with zero attached hydrogens (tertiary/aromatic N) is 1. The van der Waals surface area contributed by atoms with E-state index in [0.29, 0.717) is 5.56 Å². The first-order valence-corrected chi connectivity index (χ1v) is 12.9. The molecule has 35 heavy (non-hydrogen) atoms. The molecule has 1 aromatic heterocycles. The molecule has 5 rings (SSSR count). The molecule has 10 heteroatoms. The van der Waals surface area contributed by atoms with E-state index < -0.39 is 44.6 Å². The van der Waals surface area contributed by atoms with Crippen LogP contribution in [0.5, 0.6) is 5.75 Å². The van der Waals surface area contributed by atoms with Crippen LogP contribution in [0.2, 0.25) is 5.02 Å². The van der Waals surface area contributed by atoms with Crippen LogP contribution >= 0.6 is 11.6 Å². The predicted octanol–water partition coefficient (Wildman–Crippen LogP) is 2.77. The van der Waals surface area contributed by atoms with Crippen LogP contribution in [0.3, 0.4) is 0 Å². The van der Waals surface area contributed by atoms with Gasteiger partial charge in [-0.05, 0) is 23.3 Å². The van der Waals surface area contributed by atoms with Gasteiger partial charge >= 0.3 is 5.97 Å². The topological polar surface area (TPSA) is 120 Å². The van der Waals surface area contributed by atoms with E-state index in [4.69, 9.17) is 21.1 Å². The van der Waals surface area contributed by atoms with Crippen molar-refractivity contribution in [3.8, 4) is 5.75 Å². The van der Waals surface area contributed by atoms with Crippen LogP contribution in [0.4, 0.5) is 0 Å². The van der Waals surface area contributed by atoms with Gasteiger partial charge in [0.05, 0.1) is 22.9 Å². The third-order valence-corrected chi connectivity index (χ3v) is 8.04. The quantitative estimate of drug-likeness (QED) is 0.418. The summed E-state index contributed by atoms with van der Waals surface area (Å²) >= 11 is 6.13. The molecule has 2 aromatic carbocycles. The minimum Gasteiger partial charge on any atom is -0.476 e. The fourth-order valence-corrected chi connectivity index (χ4v) is 6.03. The number of pyridine rings is 1. The molecule has 1 aliphatic heterocycles. The van der Waals surface area contributed by atoms with Gasteiger partial charge in [-0.1, -0.05) is 54.1 Å². The number of carbonyl (C=O) groups excluding carboxylic acids is 2. The highest BCUT2D eigenvalue weighted by atomic mass is 35.5. The molecule has 0 unspecified atom stereocenters. The first kappa shape index (κ1) is 23.5. The van der Waals surface area contributed by atoms with Gasteiger partial charge in [-0.25, -0.2) is 8.42 Å². The summed E-state index contributed by atoms with van der Waals surface area (Å²) in [6.45, 7) is 0. The monoisotopic (exact) mass is 513 g/mol. The molecule has 0 saturated heterocycles. The molecule has 0 bridgehead atoms. The highest BCUT2D eigenvalue weighted by Gasteiger charge is 2.78. The van der Waals surface area contributed by atoms with Gasteiger partial charge in [0.25, 0.3) is 0 Å². The van der Waals surface area contributed by atoms with Crippen LogP contribution in [0, 0.1) is 5.92 Å². The van der Waals surface area contributed by atoms with Crippen LogP contribution in [0.15, 0.2) is 71.8 Å². The van der Waals surface area contributed by atoms with Gasteiger partial charge in [-0.2, -0.15) is 0 Å². The Hall–Kier alpha value is -3.27. The van der Waals surface area contributed by atoms with Crippen molar-refractivity contribution >= 4 is 33.2 Å². The Balaban J connectivity index is 1.86. The van der Waals surface area contributed by atoms with Crippen molar-refractivity contribution in [3.05, 3.63) is 88.7 Å². The zero-order chi connectivity index (χ0) is 25.2. The highest BCUT2D eigenvalue weighted by molar-refractivity contribution is 7.90. The third-order valence-electron chi connectivity index (χ3n) is 6.71. The lowest BCUT2D eigenvalue weighted by Crippen LogP contribution is -2.51. The summed E-state index contributed by atoms with van der Waals surface area (Å²) in [5.41, 5.74) is -3.50. The summed E-state index contributed by atoms with van der Waals surface area (Å²) in [6, 6.07) is 15.8. The molecule has 0 radical (unpaired) electrons. The van der Waals surface area contributed by atoms with Gasteiger partial charge in [0.15, 0.2) is 21.2 Å². The van der Waals surface area contributed by atoms with Crippen molar-refractivity contribution in [2.75, 3.05) is 13.4 Å². The summed E-state index contributed by atoms with van der Waals surface area (Å²) in [5.74, 6) is -4.04. The number of sulfone groups is 1. The largest absolute Gasteiger partial charge is 0.476 e. The predicted molar refractivity (Wildman–Crippen MR) is 125 cm³/mol. The number of hydrogen-bond acceptors (Lipinski definition) is 8. The van der Waals surface area contributed by atoms with Gasteiger partial charge in [-0.15, -0.1) is 0 Å². The van der Waals surface area contributed by atoms with E-state index in [1.807, 2.05) is 0 Å². The Morgan fingerprint density at radius 3 is 2.40 bits per heavy atom. The molecule has 0 amide bonds. The number of ether oxygens (including phenoxy) is 2. The van der Waals surface area contributed by atoms with E-state index in [2.05, 4.69) is 4.98 Å². The molecule has 4 atom stereocenters.